The van der Waals surface area contributed by atoms with Crippen molar-refractivity contribution in [1.82, 2.24) is 5.16 Å². The van der Waals surface area contributed by atoms with Gasteiger partial charge in [-0.3, -0.25) is 0 Å². The molecule has 0 fully saturated rings. The van der Waals surface area contributed by atoms with E-state index in [1.54, 1.807) is 0 Å². The number of halogens is 1. The molecule has 4 heteroatoms. The first-order valence-corrected chi connectivity index (χ1v) is 3.52. The lowest BCUT2D eigenvalue weighted by atomic mass is 10.3. The lowest BCUT2D eigenvalue weighted by Gasteiger charge is -1.82. The monoisotopic (exact) mass is 200 g/mol. The molecular formula is C6H5BrN2O. The van der Waals surface area contributed by atoms with Crippen LogP contribution in [0.25, 0.3) is 0 Å². The van der Waals surface area contributed by atoms with Gasteiger partial charge >= 0.3 is 0 Å². The summed E-state index contributed by atoms with van der Waals surface area (Å²) in [5.74, 6) is 0.597. The van der Waals surface area contributed by atoms with E-state index in [0.717, 1.165) is 10.2 Å². The van der Waals surface area contributed by atoms with E-state index in [-0.39, 0.29) is 6.42 Å². The van der Waals surface area contributed by atoms with Crippen LogP contribution in [-0.4, -0.2) is 5.16 Å². The summed E-state index contributed by atoms with van der Waals surface area (Å²) in [6.45, 7) is 1.81. The van der Waals surface area contributed by atoms with E-state index in [1.165, 1.54) is 0 Å². The van der Waals surface area contributed by atoms with Crippen LogP contribution in [0.2, 0.25) is 0 Å². The van der Waals surface area contributed by atoms with Crippen molar-refractivity contribution in [2.24, 2.45) is 0 Å². The topological polar surface area (TPSA) is 49.8 Å². The molecule has 0 radical (unpaired) electrons. The summed E-state index contributed by atoms with van der Waals surface area (Å²) in [5, 5.41) is 12.0. The van der Waals surface area contributed by atoms with Gasteiger partial charge in [-0.05, 0) is 22.9 Å². The molecule has 0 N–H and O–H groups in total. The average molecular weight is 201 g/mol. The minimum atomic E-state index is 0.265. The molecule has 0 unspecified atom stereocenters. The van der Waals surface area contributed by atoms with Crippen LogP contribution in [0.3, 0.4) is 0 Å². The molecule has 1 rings (SSSR count). The number of aryl methyl sites for hydroxylation is 1. The van der Waals surface area contributed by atoms with Gasteiger partial charge in [-0.15, -0.1) is 0 Å². The van der Waals surface area contributed by atoms with Crippen molar-refractivity contribution in [2.75, 3.05) is 0 Å². The van der Waals surface area contributed by atoms with Gasteiger partial charge in [-0.2, -0.15) is 5.26 Å². The lowest BCUT2D eigenvalue weighted by Crippen LogP contribution is -1.76. The van der Waals surface area contributed by atoms with Crippen LogP contribution in [-0.2, 0) is 6.42 Å². The van der Waals surface area contributed by atoms with Crippen molar-refractivity contribution in [3.63, 3.8) is 0 Å². The second kappa shape index (κ2) is 2.84. The minimum absolute atomic E-state index is 0.265. The van der Waals surface area contributed by atoms with Crippen LogP contribution < -0.4 is 0 Å². The van der Waals surface area contributed by atoms with E-state index in [1.807, 2.05) is 13.0 Å². The Morgan fingerprint density at radius 2 is 2.50 bits per heavy atom. The minimum Gasteiger partial charge on any atom is -0.359 e. The third kappa shape index (κ3) is 1.19. The van der Waals surface area contributed by atoms with Gasteiger partial charge in [0.1, 0.15) is 0 Å². The van der Waals surface area contributed by atoms with E-state index >= 15 is 0 Å². The zero-order valence-electron chi connectivity index (χ0n) is 5.39. The highest BCUT2D eigenvalue weighted by Crippen LogP contribution is 2.20. The molecule has 0 aromatic carbocycles. The van der Waals surface area contributed by atoms with Crippen LogP contribution in [0.15, 0.2) is 9.00 Å². The van der Waals surface area contributed by atoms with Crippen molar-refractivity contribution in [3.05, 3.63) is 15.9 Å². The van der Waals surface area contributed by atoms with Crippen molar-refractivity contribution < 1.29 is 4.52 Å². The van der Waals surface area contributed by atoms with Crippen molar-refractivity contribution in [3.8, 4) is 6.07 Å². The van der Waals surface area contributed by atoms with E-state index in [4.69, 9.17) is 9.78 Å². The van der Waals surface area contributed by atoms with Crippen LogP contribution in [0.5, 0.6) is 0 Å². The zero-order chi connectivity index (χ0) is 7.56. The van der Waals surface area contributed by atoms with Gasteiger partial charge in [-0.25, -0.2) is 0 Å². The summed E-state index contributed by atoms with van der Waals surface area (Å²) in [6.07, 6.45) is 0.265. The van der Waals surface area contributed by atoms with Crippen molar-refractivity contribution in [1.29, 1.82) is 5.26 Å². The molecule has 0 aliphatic carbocycles. The molecule has 0 spiro atoms. The molecule has 0 amide bonds. The van der Waals surface area contributed by atoms with Gasteiger partial charge in [0, 0.05) is 0 Å². The number of nitrogens with zero attached hydrogens (tertiary/aromatic N) is 2. The predicted octanol–water partition coefficient (Wildman–Crippen LogP) is 1.81. The van der Waals surface area contributed by atoms with Gasteiger partial charge in [0.15, 0.2) is 5.76 Å². The van der Waals surface area contributed by atoms with E-state index < -0.39 is 0 Å². The molecule has 1 aromatic rings. The molecule has 0 aliphatic heterocycles. The fourth-order valence-corrected chi connectivity index (χ4v) is 0.872. The molecule has 1 aromatic heterocycles. The number of hydrogen-bond donors (Lipinski definition) is 0. The standard InChI is InChI=1S/C6H5BrN2O/c1-4-6(7)5(2-3-8)10-9-4/h2H2,1H3. The quantitative estimate of drug-likeness (QED) is 0.696. The normalized spacial score (nSPS) is 9.30. The maximum Gasteiger partial charge on any atom is 0.165 e. The molecule has 1 heterocycles. The SMILES string of the molecule is Cc1noc(CC#N)c1Br. The largest absolute Gasteiger partial charge is 0.359 e. The fraction of sp³-hybridized carbons (Fsp3) is 0.333. The number of nitriles is 1. The first kappa shape index (κ1) is 7.29. The van der Waals surface area contributed by atoms with Gasteiger partial charge in [0.25, 0.3) is 0 Å². The Morgan fingerprint density at radius 3 is 2.90 bits per heavy atom. The maximum atomic E-state index is 8.29. The van der Waals surface area contributed by atoms with Gasteiger partial charge < -0.3 is 4.52 Å². The Kier molecular flexibility index (Phi) is 2.07. The van der Waals surface area contributed by atoms with Crippen molar-refractivity contribution >= 4 is 15.9 Å². The fourth-order valence-electron chi connectivity index (χ4n) is 0.587. The first-order valence-electron chi connectivity index (χ1n) is 2.73. The van der Waals surface area contributed by atoms with Crippen molar-refractivity contribution in [2.45, 2.75) is 13.3 Å². The maximum absolute atomic E-state index is 8.29. The Labute approximate surface area is 66.8 Å². The molecule has 52 valence electrons. The second-order valence-electron chi connectivity index (χ2n) is 1.84. The molecule has 0 saturated carbocycles. The Hall–Kier alpha value is -0.820. The lowest BCUT2D eigenvalue weighted by molar-refractivity contribution is 0.387. The molecule has 0 aliphatic rings. The van der Waals surface area contributed by atoms with Gasteiger partial charge in [0.05, 0.1) is 22.7 Å². The van der Waals surface area contributed by atoms with Gasteiger partial charge in [0.2, 0.25) is 0 Å². The number of rotatable bonds is 1. The molecule has 0 bridgehead atoms. The van der Waals surface area contributed by atoms with Crippen LogP contribution >= 0.6 is 15.9 Å². The van der Waals surface area contributed by atoms with E-state index in [9.17, 15) is 0 Å². The first-order chi connectivity index (χ1) is 4.75. The zero-order valence-corrected chi connectivity index (χ0v) is 6.97. The summed E-state index contributed by atoms with van der Waals surface area (Å²) in [6, 6.07) is 1.97. The average Bonchev–Trinajstić information content (AvgIpc) is 2.20. The van der Waals surface area contributed by atoms with E-state index in [0.29, 0.717) is 5.76 Å². The third-order valence-corrected chi connectivity index (χ3v) is 2.11. The molecular weight excluding hydrogens is 196 g/mol. The van der Waals surface area contributed by atoms with Gasteiger partial charge in [-0.1, -0.05) is 5.16 Å². The number of aromatic nitrogens is 1. The highest BCUT2D eigenvalue weighted by atomic mass is 79.9. The van der Waals surface area contributed by atoms with Crippen LogP contribution in [0.4, 0.5) is 0 Å². The van der Waals surface area contributed by atoms with E-state index in [2.05, 4.69) is 21.1 Å². The highest BCUT2D eigenvalue weighted by Gasteiger charge is 2.07. The van der Waals surface area contributed by atoms with Crippen LogP contribution in [0.1, 0.15) is 11.5 Å². The second-order valence-corrected chi connectivity index (χ2v) is 2.63. The predicted molar refractivity (Wildman–Crippen MR) is 38.3 cm³/mol. The highest BCUT2D eigenvalue weighted by molar-refractivity contribution is 9.10. The molecule has 0 saturated heterocycles. The smallest absolute Gasteiger partial charge is 0.165 e. The number of hydrogen-bond acceptors (Lipinski definition) is 3. The molecule has 10 heavy (non-hydrogen) atoms. The third-order valence-electron chi connectivity index (χ3n) is 1.09. The summed E-state index contributed by atoms with van der Waals surface area (Å²) in [5.41, 5.74) is 0.783. The summed E-state index contributed by atoms with van der Waals surface area (Å²) in [4.78, 5) is 0. The molecule has 3 nitrogen and oxygen atoms in total. The Morgan fingerprint density at radius 1 is 1.80 bits per heavy atom. The summed E-state index contributed by atoms with van der Waals surface area (Å²) >= 11 is 3.24. The summed E-state index contributed by atoms with van der Waals surface area (Å²) < 4.78 is 5.62. The Balaban J connectivity index is 2.96. The Bertz CT molecular complexity index is 274. The molecule has 0 atom stereocenters. The summed E-state index contributed by atoms with van der Waals surface area (Å²) in [7, 11) is 0. The van der Waals surface area contributed by atoms with Crippen LogP contribution in [0, 0.1) is 18.3 Å².